The summed E-state index contributed by atoms with van der Waals surface area (Å²) in [7, 11) is 0.487. The molecule has 0 fully saturated rings. The molecule has 64 valence electrons. The number of hydrogen-bond acceptors (Lipinski definition) is 3. The van der Waals surface area contributed by atoms with Crippen LogP contribution >= 0.6 is 11.9 Å². The topological polar surface area (TPSA) is 38.7 Å². The van der Waals surface area contributed by atoms with Crippen molar-refractivity contribution in [1.29, 1.82) is 0 Å². The number of methoxy groups -OCH3 is 1. The van der Waals surface area contributed by atoms with Crippen LogP contribution in [0.3, 0.4) is 0 Å². The van der Waals surface area contributed by atoms with E-state index in [0.29, 0.717) is 5.46 Å². The lowest BCUT2D eigenvalue weighted by atomic mass is 9.80. The summed E-state index contributed by atoms with van der Waals surface area (Å²) in [4.78, 5) is 0. The fourth-order valence-electron chi connectivity index (χ4n) is 0.820. The first-order valence-corrected chi connectivity index (χ1v) is 3.68. The number of rotatable bonds is 3. The van der Waals surface area contributed by atoms with Gasteiger partial charge in [0.15, 0.2) is 0 Å². The molecular formula is C7H8BClO3. The minimum atomic E-state index is -1.09. The molecule has 5 heteroatoms. The van der Waals surface area contributed by atoms with Gasteiger partial charge in [0.25, 0.3) is 0 Å². The highest BCUT2D eigenvalue weighted by molar-refractivity contribution is 6.63. The molecule has 0 amide bonds. The summed E-state index contributed by atoms with van der Waals surface area (Å²) < 4.78 is 9.12. The lowest BCUT2D eigenvalue weighted by Crippen LogP contribution is -2.30. The van der Waals surface area contributed by atoms with Crippen LogP contribution in [-0.4, -0.2) is 19.3 Å². The Morgan fingerprint density at radius 3 is 2.33 bits per heavy atom. The van der Waals surface area contributed by atoms with Gasteiger partial charge in [-0.25, -0.2) is 0 Å². The quantitative estimate of drug-likeness (QED) is 0.701. The maximum atomic E-state index is 9.10. The predicted octanol–water partition coefficient (Wildman–Crippen LogP) is 0.553. The highest BCUT2D eigenvalue weighted by Gasteiger charge is 2.14. The molecule has 0 aliphatic rings. The van der Waals surface area contributed by atoms with Gasteiger partial charge < -0.3 is 14.0 Å². The van der Waals surface area contributed by atoms with Gasteiger partial charge in [-0.05, 0) is 17.6 Å². The van der Waals surface area contributed by atoms with Gasteiger partial charge >= 0.3 is 7.12 Å². The normalized spacial score (nSPS) is 9.58. The van der Waals surface area contributed by atoms with Gasteiger partial charge in [-0.1, -0.05) is 12.1 Å². The van der Waals surface area contributed by atoms with Crippen molar-refractivity contribution in [3.63, 3.8) is 0 Å². The second kappa shape index (κ2) is 4.35. The van der Waals surface area contributed by atoms with Crippen molar-refractivity contribution >= 4 is 24.4 Å². The molecule has 0 atom stereocenters. The number of ether oxygens (including phenoxy) is 1. The van der Waals surface area contributed by atoms with Crippen molar-refractivity contribution in [2.45, 2.75) is 0 Å². The van der Waals surface area contributed by atoms with Gasteiger partial charge in [-0.3, -0.25) is 0 Å². The molecule has 0 bridgehead atoms. The van der Waals surface area contributed by atoms with Gasteiger partial charge in [0.1, 0.15) is 5.75 Å². The van der Waals surface area contributed by atoms with Crippen molar-refractivity contribution in [2.24, 2.45) is 0 Å². The first-order chi connectivity index (χ1) is 5.77. The van der Waals surface area contributed by atoms with Crippen molar-refractivity contribution in [1.82, 2.24) is 0 Å². The molecule has 1 aromatic carbocycles. The second-order valence-electron chi connectivity index (χ2n) is 2.21. The van der Waals surface area contributed by atoms with E-state index in [1.54, 1.807) is 31.4 Å². The van der Waals surface area contributed by atoms with Gasteiger partial charge in [-0.2, -0.15) is 0 Å². The van der Waals surface area contributed by atoms with Crippen molar-refractivity contribution < 1.29 is 14.0 Å². The molecule has 0 aliphatic heterocycles. The van der Waals surface area contributed by atoms with Gasteiger partial charge in [0.05, 0.1) is 7.11 Å². The second-order valence-corrected chi connectivity index (χ2v) is 2.39. The molecule has 0 aromatic heterocycles. The number of halogens is 1. The van der Waals surface area contributed by atoms with Crippen LogP contribution in [0.2, 0.25) is 0 Å². The molecule has 0 heterocycles. The Labute approximate surface area is 76.2 Å². The minimum absolute atomic E-state index is 0.589. The third kappa shape index (κ3) is 2.14. The molecule has 0 aliphatic carbocycles. The summed E-state index contributed by atoms with van der Waals surface area (Å²) >= 11 is 4.98. The monoisotopic (exact) mass is 186 g/mol. The molecule has 0 saturated carbocycles. The zero-order valence-electron chi connectivity index (χ0n) is 6.53. The predicted molar refractivity (Wildman–Crippen MR) is 47.5 cm³/mol. The average Bonchev–Trinajstić information content (AvgIpc) is 2.17. The van der Waals surface area contributed by atoms with Gasteiger partial charge in [0.2, 0.25) is 0 Å². The lowest BCUT2D eigenvalue weighted by molar-refractivity contribution is 0.414. The van der Waals surface area contributed by atoms with Gasteiger partial charge in [0, 0.05) is 11.9 Å². The van der Waals surface area contributed by atoms with Crippen LogP contribution < -0.4 is 10.2 Å². The highest BCUT2D eigenvalue weighted by atomic mass is 35.5. The first-order valence-electron chi connectivity index (χ1n) is 3.37. The standard InChI is InChI=1S/C7H8BClO3/c1-11-7-4-2-6(3-5-7)8(10)12-9/h2-5,10H,1H3. The van der Waals surface area contributed by atoms with Crippen LogP contribution in [0.4, 0.5) is 0 Å². The summed E-state index contributed by atoms with van der Waals surface area (Å²) in [6.45, 7) is 0. The largest absolute Gasteiger partial charge is 0.508 e. The van der Waals surface area contributed by atoms with E-state index in [4.69, 9.17) is 21.6 Å². The van der Waals surface area contributed by atoms with E-state index >= 15 is 0 Å². The van der Waals surface area contributed by atoms with Crippen LogP contribution in [0, 0.1) is 0 Å². The summed E-state index contributed by atoms with van der Waals surface area (Å²) in [5, 5.41) is 9.10. The van der Waals surface area contributed by atoms with E-state index in [1.165, 1.54) is 0 Å². The molecule has 0 radical (unpaired) electrons. The Balaban J connectivity index is 2.77. The van der Waals surface area contributed by atoms with E-state index in [0.717, 1.165) is 5.75 Å². The Hall–Kier alpha value is -0.705. The summed E-state index contributed by atoms with van der Waals surface area (Å²) in [6.07, 6.45) is 0. The molecule has 0 saturated heterocycles. The van der Waals surface area contributed by atoms with Crippen molar-refractivity contribution in [2.75, 3.05) is 7.11 Å². The minimum Gasteiger partial charge on any atom is -0.497 e. The molecule has 12 heavy (non-hydrogen) atoms. The average molecular weight is 186 g/mol. The lowest BCUT2D eigenvalue weighted by Gasteiger charge is -2.02. The van der Waals surface area contributed by atoms with Crippen molar-refractivity contribution in [3.05, 3.63) is 24.3 Å². The zero-order valence-corrected chi connectivity index (χ0v) is 7.28. The summed E-state index contributed by atoms with van der Waals surface area (Å²) in [6, 6.07) is 6.78. The molecule has 1 rings (SSSR count). The molecule has 1 aromatic rings. The third-order valence-corrected chi connectivity index (χ3v) is 1.65. The maximum Gasteiger partial charge on any atom is 0.508 e. The SMILES string of the molecule is COc1ccc(B(O)OCl)cc1. The third-order valence-electron chi connectivity index (χ3n) is 1.49. The van der Waals surface area contributed by atoms with Crippen LogP contribution in [-0.2, 0) is 4.21 Å². The Morgan fingerprint density at radius 1 is 1.33 bits per heavy atom. The molecular weight excluding hydrogens is 178 g/mol. The molecule has 1 N–H and O–H groups in total. The summed E-state index contributed by atoms with van der Waals surface area (Å²) in [5.41, 5.74) is 0.589. The Kier molecular flexibility index (Phi) is 3.40. The number of benzene rings is 1. The smallest absolute Gasteiger partial charge is 0.497 e. The molecule has 0 spiro atoms. The number of hydrogen-bond donors (Lipinski definition) is 1. The molecule has 0 unspecified atom stereocenters. The highest BCUT2D eigenvalue weighted by Crippen LogP contribution is 2.06. The van der Waals surface area contributed by atoms with Crippen molar-refractivity contribution in [3.8, 4) is 5.75 Å². The van der Waals surface area contributed by atoms with Crippen LogP contribution in [0.25, 0.3) is 0 Å². The van der Waals surface area contributed by atoms with E-state index in [-0.39, 0.29) is 0 Å². The van der Waals surface area contributed by atoms with E-state index in [2.05, 4.69) is 4.21 Å². The van der Waals surface area contributed by atoms with E-state index < -0.39 is 7.12 Å². The first kappa shape index (κ1) is 9.38. The van der Waals surface area contributed by atoms with Crippen LogP contribution in [0.15, 0.2) is 24.3 Å². The maximum absolute atomic E-state index is 9.10. The van der Waals surface area contributed by atoms with E-state index in [1.807, 2.05) is 0 Å². The van der Waals surface area contributed by atoms with Crippen LogP contribution in [0.5, 0.6) is 5.75 Å². The Morgan fingerprint density at radius 2 is 1.92 bits per heavy atom. The zero-order chi connectivity index (χ0) is 8.97. The molecule has 3 nitrogen and oxygen atoms in total. The summed E-state index contributed by atoms with van der Waals surface area (Å²) in [5.74, 6) is 0.723. The fraction of sp³-hybridized carbons (Fsp3) is 0.143. The van der Waals surface area contributed by atoms with E-state index in [9.17, 15) is 0 Å². The Bertz CT molecular complexity index is 239. The van der Waals surface area contributed by atoms with Gasteiger partial charge in [-0.15, -0.1) is 0 Å². The fourth-order valence-corrected chi connectivity index (χ4v) is 0.923. The van der Waals surface area contributed by atoms with Crippen LogP contribution in [0.1, 0.15) is 0 Å².